The average molecular weight is 509 g/mol. The minimum atomic E-state index is -0.526. The first-order valence-corrected chi connectivity index (χ1v) is 12.2. The molecular weight excluding hydrogens is 484 g/mol. The Morgan fingerprint density at radius 2 is 1.75 bits per heavy atom. The predicted molar refractivity (Wildman–Crippen MR) is 129 cm³/mol. The summed E-state index contributed by atoms with van der Waals surface area (Å²) in [6, 6.07) is 3.39. The molecule has 1 aliphatic rings. The quantitative estimate of drug-likeness (QED) is 0.348. The summed E-state index contributed by atoms with van der Waals surface area (Å²) in [4.78, 5) is 43.8. The van der Waals surface area contributed by atoms with Gasteiger partial charge in [0.25, 0.3) is 17.7 Å². The van der Waals surface area contributed by atoms with Crippen LogP contribution in [0.2, 0.25) is 0 Å². The number of piperidine rings is 1. The predicted octanol–water partition coefficient (Wildman–Crippen LogP) is 1.32. The molecule has 0 atom stereocenters. The number of likely N-dealkylation sites (tertiary alicyclic amines) is 1. The van der Waals surface area contributed by atoms with Crippen LogP contribution in [0.5, 0.6) is 0 Å². The highest BCUT2D eigenvalue weighted by Crippen LogP contribution is 2.31. The highest BCUT2D eigenvalue weighted by molar-refractivity contribution is 7.09. The van der Waals surface area contributed by atoms with Gasteiger partial charge in [-0.15, -0.1) is 21.5 Å². The molecule has 36 heavy (non-hydrogen) atoms. The minimum Gasteiger partial charge on any atom is -0.337 e. The SMILES string of the molecule is Cc1cc2nnc(C(=O)N3CCC(c4nc(C(=O)NNC(=O)c5cc(C)[nH]n5)cs4)CC3)c(C)n2n1. The Morgan fingerprint density at radius 1 is 1.03 bits per heavy atom. The zero-order valence-corrected chi connectivity index (χ0v) is 20.7. The molecule has 0 radical (unpaired) electrons. The number of aryl methyl sites for hydroxylation is 3. The summed E-state index contributed by atoms with van der Waals surface area (Å²) >= 11 is 1.39. The number of rotatable bonds is 4. The van der Waals surface area contributed by atoms with Gasteiger partial charge in [-0.1, -0.05) is 0 Å². The van der Waals surface area contributed by atoms with Crippen molar-refractivity contribution in [3.8, 4) is 0 Å². The van der Waals surface area contributed by atoms with E-state index in [1.165, 1.54) is 11.3 Å². The Morgan fingerprint density at radius 3 is 2.44 bits per heavy atom. The molecule has 5 heterocycles. The van der Waals surface area contributed by atoms with E-state index >= 15 is 0 Å². The Kier molecular flexibility index (Phi) is 6.18. The molecule has 1 saturated heterocycles. The van der Waals surface area contributed by atoms with Crippen molar-refractivity contribution in [1.29, 1.82) is 0 Å². The number of nitrogens with zero attached hydrogens (tertiary/aromatic N) is 7. The summed E-state index contributed by atoms with van der Waals surface area (Å²) in [5.41, 5.74) is 8.20. The van der Waals surface area contributed by atoms with Gasteiger partial charge in [0.1, 0.15) is 5.69 Å². The van der Waals surface area contributed by atoms with E-state index in [-0.39, 0.29) is 23.2 Å². The lowest BCUT2D eigenvalue weighted by atomic mass is 9.97. The number of H-pyrrole nitrogens is 1. The average Bonchev–Trinajstić information content (AvgIpc) is 3.62. The van der Waals surface area contributed by atoms with Crippen molar-refractivity contribution in [3.63, 3.8) is 0 Å². The number of amides is 3. The van der Waals surface area contributed by atoms with Crippen LogP contribution in [0.25, 0.3) is 5.65 Å². The fourth-order valence-electron chi connectivity index (χ4n) is 4.11. The second-order valence-corrected chi connectivity index (χ2v) is 9.56. The third-order valence-corrected chi connectivity index (χ3v) is 7.05. The smallest absolute Gasteiger partial charge is 0.290 e. The van der Waals surface area contributed by atoms with Crippen LogP contribution < -0.4 is 10.9 Å². The number of hydrogen-bond donors (Lipinski definition) is 3. The molecule has 4 aromatic heterocycles. The zero-order chi connectivity index (χ0) is 25.4. The van der Waals surface area contributed by atoms with Crippen LogP contribution in [0.4, 0.5) is 0 Å². The molecule has 4 aromatic rings. The van der Waals surface area contributed by atoms with E-state index < -0.39 is 11.8 Å². The molecule has 1 fully saturated rings. The fraction of sp³-hybridized carbons (Fsp3) is 0.364. The monoisotopic (exact) mass is 508 g/mol. The second-order valence-electron chi connectivity index (χ2n) is 8.67. The van der Waals surface area contributed by atoms with Gasteiger partial charge in [-0.3, -0.25) is 30.3 Å². The first-order valence-electron chi connectivity index (χ1n) is 11.4. The van der Waals surface area contributed by atoms with Gasteiger partial charge in [-0.2, -0.15) is 10.2 Å². The first-order chi connectivity index (χ1) is 17.3. The summed E-state index contributed by atoms with van der Waals surface area (Å²) in [5.74, 6) is -1.08. The van der Waals surface area contributed by atoms with Gasteiger partial charge in [0.05, 0.1) is 16.4 Å². The number of aromatic amines is 1. The maximum absolute atomic E-state index is 13.1. The van der Waals surface area contributed by atoms with E-state index in [1.807, 2.05) is 19.9 Å². The van der Waals surface area contributed by atoms with Gasteiger partial charge in [0.2, 0.25) is 0 Å². The van der Waals surface area contributed by atoms with Crippen LogP contribution >= 0.6 is 11.3 Å². The van der Waals surface area contributed by atoms with E-state index in [0.29, 0.717) is 43.0 Å². The third kappa shape index (κ3) is 4.54. The van der Waals surface area contributed by atoms with Gasteiger partial charge >= 0.3 is 0 Å². The summed E-state index contributed by atoms with van der Waals surface area (Å²) in [6.45, 7) is 6.54. The molecule has 1 aliphatic heterocycles. The van der Waals surface area contributed by atoms with Crippen molar-refractivity contribution in [1.82, 2.24) is 50.7 Å². The summed E-state index contributed by atoms with van der Waals surface area (Å²) in [6.07, 6.45) is 1.43. The maximum atomic E-state index is 13.1. The maximum Gasteiger partial charge on any atom is 0.290 e. The standard InChI is InChI=1S/C22H24N10O3S/c1-11-8-15(25-24-11)19(33)28-29-20(34)16-10-36-21(23-16)14-4-6-31(7-5-14)22(35)18-13(3)32-17(26-27-18)9-12(2)30-32/h8-10,14H,4-7H2,1-3H3,(H,24,25)(H,28,33)(H,29,34). The Bertz CT molecular complexity index is 1460. The van der Waals surface area contributed by atoms with Crippen molar-refractivity contribution < 1.29 is 14.4 Å². The van der Waals surface area contributed by atoms with Gasteiger partial charge < -0.3 is 4.90 Å². The second kappa shape index (κ2) is 9.45. The van der Waals surface area contributed by atoms with Crippen molar-refractivity contribution in [2.24, 2.45) is 0 Å². The number of hydrazine groups is 1. The molecule has 0 aliphatic carbocycles. The van der Waals surface area contributed by atoms with Crippen LogP contribution in [-0.2, 0) is 0 Å². The van der Waals surface area contributed by atoms with Crippen LogP contribution in [0, 0.1) is 20.8 Å². The molecule has 0 unspecified atom stereocenters. The number of nitrogens with one attached hydrogen (secondary N) is 3. The van der Waals surface area contributed by atoms with E-state index in [4.69, 9.17) is 0 Å². The molecule has 0 aromatic carbocycles. The molecule has 0 spiro atoms. The highest BCUT2D eigenvalue weighted by Gasteiger charge is 2.29. The number of hydrogen-bond acceptors (Lipinski definition) is 9. The number of fused-ring (bicyclic) bond motifs is 1. The van der Waals surface area contributed by atoms with Crippen LogP contribution in [0.15, 0.2) is 17.5 Å². The zero-order valence-electron chi connectivity index (χ0n) is 19.9. The van der Waals surface area contributed by atoms with Crippen molar-refractivity contribution in [2.75, 3.05) is 13.1 Å². The van der Waals surface area contributed by atoms with Crippen LogP contribution in [0.1, 0.15) is 72.3 Å². The molecule has 5 rings (SSSR count). The van der Waals surface area contributed by atoms with Crippen LogP contribution in [-0.4, -0.2) is 70.7 Å². The molecule has 0 saturated carbocycles. The molecular formula is C22H24N10O3S. The highest BCUT2D eigenvalue weighted by atomic mass is 32.1. The lowest BCUT2D eigenvalue weighted by Gasteiger charge is -2.31. The van der Waals surface area contributed by atoms with Crippen molar-refractivity contribution in [2.45, 2.75) is 39.5 Å². The lowest BCUT2D eigenvalue weighted by molar-refractivity contribution is 0.0703. The molecule has 0 bridgehead atoms. The van der Waals surface area contributed by atoms with Gasteiger partial charge in [0, 0.05) is 36.1 Å². The van der Waals surface area contributed by atoms with Crippen LogP contribution in [0.3, 0.4) is 0 Å². The fourth-order valence-corrected chi connectivity index (χ4v) is 5.08. The van der Waals surface area contributed by atoms with E-state index in [1.54, 1.807) is 27.8 Å². The number of aromatic nitrogens is 7. The molecule has 14 heteroatoms. The first kappa shape index (κ1) is 23.5. The van der Waals surface area contributed by atoms with E-state index in [2.05, 4.69) is 41.3 Å². The van der Waals surface area contributed by atoms with Gasteiger partial charge in [0.15, 0.2) is 17.0 Å². The summed E-state index contributed by atoms with van der Waals surface area (Å²) in [5, 5.41) is 21.7. The molecule has 3 N–H and O–H groups in total. The Balaban J connectivity index is 1.17. The van der Waals surface area contributed by atoms with Crippen molar-refractivity contribution in [3.05, 3.63) is 56.7 Å². The van der Waals surface area contributed by atoms with E-state index in [9.17, 15) is 14.4 Å². The topological polar surface area (TPSA) is 163 Å². The van der Waals surface area contributed by atoms with Crippen molar-refractivity contribution >= 4 is 34.7 Å². The Labute approximate surface area is 209 Å². The minimum absolute atomic E-state index is 0.130. The molecule has 186 valence electrons. The molecule has 13 nitrogen and oxygen atoms in total. The number of carbonyl (C=O) groups is 3. The number of carbonyl (C=O) groups excluding carboxylic acids is 3. The number of thiazole rings is 1. The van der Waals surface area contributed by atoms with Gasteiger partial charge in [-0.05, 0) is 39.7 Å². The summed E-state index contributed by atoms with van der Waals surface area (Å²) in [7, 11) is 0. The molecule has 3 amide bonds. The third-order valence-electron chi connectivity index (χ3n) is 6.04. The largest absolute Gasteiger partial charge is 0.337 e. The van der Waals surface area contributed by atoms with Gasteiger partial charge in [-0.25, -0.2) is 9.50 Å². The normalized spacial score (nSPS) is 14.2. The summed E-state index contributed by atoms with van der Waals surface area (Å²) < 4.78 is 1.64. The Hall–Kier alpha value is -4.20. The lowest BCUT2D eigenvalue weighted by Crippen LogP contribution is -2.42. The van der Waals surface area contributed by atoms with E-state index in [0.717, 1.165) is 16.4 Å².